The summed E-state index contributed by atoms with van der Waals surface area (Å²) in [6.07, 6.45) is 0. The molecule has 0 saturated heterocycles. The van der Waals surface area contributed by atoms with Crippen molar-refractivity contribution < 1.29 is 5.11 Å². The predicted octanol–water partition coefficient (Wildman–Crippen LogP) is 4.28. The maximum Gasteiger partial charge on any atom is 0.0522 e. The average molecular weight is 261 g/mol. The Morgan fingerprint density at radius 2 is 1.78 bits per heavy atom. The van der Waals surface area contributed by atoms with Crippen molar-refractivity contribution >= 4 is 11.6 Å². The number of rotatable bonds is 3. The number of aliphatic hydroxyl groups is 1. The van der Waals surface area contributed by atoms with Gasteiger partial charge in [-0.25, -0.2) is 0 Å². The van der Waals surface area contributed by atoms with Crippen molar-refractivity contribution in [3.8, 4) is 11.1 Å². The minimum Gasteiger partial charge on any atom is -0.395 e. The van der Waals surface area contributed by atoms with Gasteiger partial charge in [0, 0.05) is 10.4 Å². The molecular weight excluding hydrogens is 244 g/mol. The number of hydrogen-bond acceptors (Lipinski definition) is 1. The Bertz CT molecular complexity index is 546. The van der Waals surface area contributed by atoms with Gasteiger partial charge < -0.3 is 5.11 Å². The molecule has 0 fully saturated rings. The molecule has 2 rings (SSSR count). The van der Waals surface area contributed by atoms with E-state index in [1.54, 1.807) is 0 Å². The van der Waals surface area contributed by atoms with Crippen LogP contribution in [-0.4, -0.2) is 11.7 Å². The van der Waals surface area contributed by atoms with Gasteiger partial charge in [-0.15, -0.1) is 0 Å². The first kappa shape index (κ1) is 13.1. The zero-order chi connectivity index (χ0) is 13.2. The van der Waals surface area contributed by atoms with Crippen LogP contribution in [0.3, 0.4) is 0 Å². The van der Waals surface area contributed by atoms with E-state index >= 15 is 0 Å². The van der Waals surface area contributed by atoms with Crippen LogP contribution >= 0.6 is 11.6 Å². The molecule has 0 amide bonds. The van der Waals surface area contributed by atoms with E-state index in [0.29, 0.717) is 0 Å². The van der Waals surface area contributed by atoms with Crippen molar-refractivity contribution in [2.75, 3.05) is 6.61 Å². The third-order valence-corrected chi connectivity index (χ3v) is 3.42. The fraction of sp³-hybridized carbons (Fsp3) is 0.250. The summed E-state index contributed by atoms with van der Waals surface area (Å²) >= 11 is 6.05. The van der Waals surface area contributed by atoms with Gasteiger partial charge in [0.2, 0.25) is 0 Å². The summed E-state index contributed by atoms with van der Waals surface area (Å²) in [5, 5.41) is 10.3. The summed E-state index contributed by atoms with van der Waals surface area (Å²) < 4.78 is 0. The van der Waals surface area contributed by atoms with Crippen molar-refractivity contribution in [1.82, 2.24) is 0 Å². The smallest absolute Gasteiger partial charge is 0.0522 e. The zero-order valence-electron chi connectivity index (χ0n) is 10.7. The van der Waals surface area contributed by atoms with E-state index in [4.69, 9.17) is 11.6 Å². The van der Waals surface area contributed by atoms with Crippen molar-refractivity contribution in [3.05, 3.63) is 59.1 Å². The van der Waals surface area contributed by atoms with Crippen molar-refractivity contribution in [2.45, 2.75) is 19.3 Å². The van der Waals surface area contributed by atoms with Crippen LogP contribution in [-0.2, 0) is 5.41 Å². The second-order valence-corrected chi connectivity index (χ2v) is 5.53. The van der Waals surface area contributed by atoms with Gasteiger partial charge in [0.15, 0.2) is 0 Å². The Morgan fingerprint density at radius 1 is 1.06 bits per heavy atom. The first-order valence-corrected chi connectivity index (χ1v) is 6.39. The lowest BCUT2D eigenvalue weighted by Gasteiger charge is -2.25. The van der Waals surface area contributed by atoms with Crippen LogP contribution < -0.4 is 0 Å². The maximum atomic E-state index is 9.55. The largest absolute Gasteiger partial charge is 0.395 e. The molecule has 18 heavy (non-hydrogen) atoms. The number of halogens is 1. The highest BCUT2D eigenvalue weighted by atomic mass is 35.5. The van der Waals surface area contributed by atoms with E-state index in [1.165, 1.54) is 0 Å². The van der Waals surface area contributed by atoms with Gasteiger partial charge in [-0.1, -0.05) is 61.8 Å². The Morgan fingerprint density at radius 3 is 2.44 bits per heavy atom. The van der Waals surface area contributed by atoms with Gasteiger partial charge in [0.25, 0.3) is 0 Å². The highest BCUT2D eigenvalue weighted by molar-refractivity contribution is 6.30. The van der Waals surface area contributed by atoms with E-state index < -0.39 is 0 Å². The minimum atomic E-state index is -0.265. The first-order valence-electron chi connectivity index (χ1n) is 6.01. The number of aliphatic hydroxyl groups excluding tert-OH is 1. The number of benzene rings is 2. The summed E-state index contributed by atoms with van der Waals surface area (Å²) in [7, 11) is 0. The van der Waals surface area contributed by atoms with Crippen LogP contribution in [0.5, 0.6) is 0 Å². The standard InChI is InChI=1S/C16H17ClO/c1-16(2,11-18)15-9-4-3-8-14(15)12-6-5-7-13(17)10-12/h3-10,18H,11H2,1-2H3. The second kappa shape index (κ2) is 5.13. The Hall–Kier alpha value is -1.31. The van der Waals surface area contributed by atoms with Crippen molar-refractivity contribution in [1.29, 1.82) is 0 Å². The molecule has 1 N–H and O–H groups in total. The topological polar surface area (TPSA) is 20.2 Å². The van der Waals surface area contributed by atoms with Gasteiger partial charge in [-0.3, -0.25) is 0 Å². The molecule has 0 radical (unpaired) electrons. The molecule has 2 aromatic carbocycles. The van der Waals surface area contributed by atoms with Gasteiger partial charge in [0.1, 0.15) is 0 Å². The highest BCUT2D eigenvalue weighted by Crippen LogP contribution is 2.33. The second-order valence-electron chi connectivity index (χ2n) is 5.10. The Labute approximate surface area is 113 Å². The Kier molecular flexibility index (Phi) is 3.74. The normalized spacial score (nSPS) is 11.6. The quantitative estimate of drug-likeness (QED) is 0.874. The van der Waals surface area contributed by atoms with Crippen LogP contribution in [0, 0.1) is 0 Å². The van der Waals surface area contributed by atoms with E-state index in [-0.39, 0.29) is 12.0 Å². The molecule has 1 nitrogen and oxygen atoms in total. The molecule has 0 aromatic heterocycles. The molecule has 0 heterocycles. The van der Waals surface area contributed by atoms with Crippen molar-refractivity contribution in [3.63, 3.8) is 0 Å². The van der Waals surface area contributed by atoms with Gasteiger partial charge in [0.05, 0.1) is 6.61 Å². The van der Waals surface area contributed by atoms with E-state index in [1.807, 2.05) is 50.2 Å². The van der Waals surface area contributed by atoms with Crippen LogP contribution in [0.1, 0.15) is 19.4 Å². The molecule has 0 aliphatic heterocycles. The summed E-state index contributed by atoms with van der Waals surface area (Å²) in [6.45, 7) is 4.19. The van der Waals surface area contributed by atoms with Gasteiger partial charge >= 0.3 is 0 Å². The zero-order valence-corrected chi connectivity index (χ0v) is 11.4. The van der Waals surface area contributed by atoms with E-state index in [2.05, 4.69) is 12.1 Å². The van der Waals surface area contributed by atoms with Gasteiger partial charge in [-0.2, -0.15) is 0 Å². The number of hydrogen-bond donors (Lipinski definition) is 1. The van der Waals surface area contributed by atoms with Crippen molar-refractivity contribution in [2.24, 2.45) is 0 Å². The molecule has 0 spiro atoms. The molecule has 0 saturated carbocycles. The van der Waals surface area contributed by atoms with Crippen LogP contribution in [0.4, 0.5) is 0 Å². The molecule has 94 valence electrons. The molecule has 0 unspecified atom stereocenters. The van der Waals surface area contributed by atoms with E-state index in [0.717, 1.165) is 21.7 Å². The maximum absolute atomic E-state index is 9.55. The molecule has 0 aliphatic carbocycles. The van der Waals surface area contributed by atoms with Crippen LogP contribution in [0.25, 0.3) is 11.1 Å². The van der Waals surface area contributed by atoms with Crippen LogP contribution in [0.2, 0.25) is 5.02 Å². The molecule has 0 aliphatic rings. The fourth-order valence-corrected chi connectivity index (χ4v) is 2.26. The lowest BCUT2D eigenvalue weighted by molar-refractivity contribution is 0.219. The summed E-state index contributed by atoms with van der Waals surface area (Å²) in [5.74, 6) is 0. The monoisotopic (exact) mass is 260 g/mol. The highest BCUT2D eigenvalue weighted by Gasteiger charge is 2.22. The lowest BCUT2D eigenvalue weighted by atomic mass is 9.81. The predicted molar refractivity (Wildman–Crippen MR) is 77.0 cm³/mol. The molecule has 2 heteroatoms. The third-order valence-electron chi connectivity index (χ3n) is 3.19. The third kappa shape index (κ3) is 2.58. The Balaban J connectivity index is 2.59. The van der Waals surface area contributed by atoms with E-state index in [9.17, 15) is 5.11 Å². The molecular formula is C16H17ClO. The lowest BCUT2D eigenvalue weighted by Crippen LogP contribution is -2.22. The minimum absolute atomic E-state index is 0.116. The fourth-order valence-electron chi connectivity index (χ4n) is 2.07. The van der Waals surface area contributed by atoms with Gasteiger partial charge in [-0.05, 0) is 28.8 Å². The summed E-state index contributed by atoms with van der Waals surface area (Å²) in [5.41, 5.74) is 3.08. The molecule has 0 bridgehead atoms. The molecule has 0 atom stereocenters. The summed E-state index contributed by atoms with van der Waals surface area (Å²) in [6, 6.07) is 15.9. The molecule has 2 aromatic rings. The average Bonchev–Trinajstić information content (AvgIpc) is 2.39. The SMILES string of the molecule is CC(C)(CO)c1ccccc1-c1cccc(Cl)c1. The van der Waals surface area contributed by atoms with Crippen LogP contribution in [0.15, 0.2) is 48.5 Å². The first-order chi connectivity index (χ1) is 8.54. The summed E-state index contributed by atoms with van der Waals surface area (Å²) in [4.78, 5) is 0.